The number of fused-ring (bicyclic) bond motifs is 1. The molecular formula is C25H20N4O4S3. The van der Waals surface area contributed by atoms with E-state index in [1.165, 1.54) is 40.8 Å². The van der Waals surface area contributed by atoms with E-state index in [0.717, 1.165) is 12.0 Å². The first kappa shape index (κ1) is 24.2. The van der Waals surface area contributed by atoms with Crippen LogP contribution in [0.4, 0.5) is 5.69 Å². The second-order valence-corrected chi connectivity index (χ2v) is 10.6. The summed E-state index contributed by atoms with van der Waals surface area (Å²) >= 11 is 8.23. The number of nitrogens with zero attached hydrogens (tertiary/aromatic N) is 4. The van der Waals surface area contributed by atoms with Crippen LogP contribution in [0.15, 0.2) is 87.4 Å². The van der Waals surface area contributed by atoms with E-state index in [4.69, 9.17) is 21.6 Å². The third kappa shape index (κ3) is 5.18. The molecule has 0 aliphatic rings. The second kappa shape index (κ2) is 10.6. The average Bonchev–Trinajstić information content (AvgIpc) is 3.51. The number of nitro benzene ring substituents is 1. The molecule has 0 unspecified atom stereocenters. The van der Waals surface area contributed by atoms with Gasteiger partial charge in [-0.1, -0.05) is 65.6 Å². The van der Waals surface area contributed by atoms with Gasteiger partial charge in [-0.15, -0.1) is 0 Å². The summed E-state index contributed by atoms with van der Waals surface area (Å²) in [5.41, 5.74) is 2.33. The van der Waals surface area contributed by atoms with Gasteiger partial charge in [0.25, 0.3) is 11.2 Å². The van der Waals surface area contributed by atoms with Gasteiger partial charge in [0.1, 0.15) is 10.5 Å². The number of benzene rings is 2. The van der Waals surface area contributed by atoms with E-state index < -0.39 is 4.92 Å². The van der Waals surface area contributed by atoms with Crippen molar-refractivity contribution >= 4 is 51.4 Å². The summed E-state index contributed by atoms with van der Waals surface area (Å²) in [4.78, 5) is 29.2. The van der Waals surface area contributed by atoms with Crippen molar-refractivity contribution in [2.45, 2.75) is 30.4 Å². The quantitative estimate of drug-likeness (QED) is 0.0741. The number of hydrogen-bond acceptors (Lipinski definition) is 8. The molecule has 3 heterocycles. The lowest BCUT2D eigenvalue weighted by Crippen LogP contribution is -2.23. The largest absolute Gasteiger partial charge is 0.467 e. The van der Waals surface area contributed by atoms with E-state index in [0.29, 0.717) is 37.5 Å². The highest BCUT2D eigenvalue weighted by molar-refractivity contribution is 7.98. The van der Waals surface area contributed by atoms with Crippen molar-refractivity contribution in [2.75, 3.05) is 0 Å². The Labute approximate surface area is 219 Å². The second-order valence-electron chi connectivity index (χ2n) is 7.99. The fourth-order valence-electron chi connectivity index (χ4n) is 3.81. The zero-order chi connectivity index (χ0) is 25.1. The van der Waals surface area contributed by atoms with Crippen LogP contribution in [0.3, 0.4) is 0 Å². The Balaban J connectivity index is 1.53. The van der Waals surface area contributed by atoms with Crippen LogP contribution in [0.5, 0.6) is 0 Å². The van der Waals surface area contributed by atoms with Crippen LogP contribution in [-0.2, 0) is 25.3 Å². The number of non-ortho nitro benzene ring substituents is 1. The van der Waals surface area contributed by atoms with Gasteiger partial charge in [0.15, 0.2) is 14.8 Å². The number of aromatic nitrogens is 3. The predicted octanol–water partition coefficient (Wildman–Crippen LogP) is 6.07. The van der Waals surface area contributed by atoms with Gasteiger partial charge in [0.05, 0.1) is 17.7 Å². The Hall–Kier alpha value is -3.54. The molecule has 0 aliphatic heterocycles. The van der Waals surface area contributed by atoms with E-state index in [1.54, 1.807) is 29.0 Å². The number of thioether (sulfide) groups is 1. The van der Waals surface area contributed by atoms with Crippen molar-refractivity contribution in [3.05, 3.63) is 114 Å². The first-order valence-electron chi connectivity index (χ1n) is 11.1. The van der Waals surface area contributed by atoms with E-state index in [1.807, 2.05) is 28.8 Å². The summed E-state index contributed by atoms with van der Waals surface area (Å²) in [5.74, 6) is 1.04. The zero-order valence-electron chi connectivity index (χ0n) is 18.9. The van der Waals surface area contributed by atoms with E-state index in [-0.39, 0.29) is 17.8 Å². The Morgan fingerprint density at radius 2 is 1.86 bits per heavy atom. The van der Waals surface area contributed by atoms with Crippen molar-refractivity contribution in [3.8, 4) is 0 Å². The van der Waals surface area contributed by atoms with E-state index in [9.17, 15) is 14.9 Å². The minimum absolute atomic E-state index is 0.0248. The lowest BCUT2D eigenvalue weighted by atomic mass is 10.1. The third-order valence-corrected chi connectivity index (χ3v) is 8.06. The highest BCUT2D eigenvalue weighted by atomic mass is 32.2. The van der Waals surface area contributed by atoms with Gasteiger partial charge in [-0.25, -0.2) is 4.98 Å². The van der Waals surface area contributed by atoms with Crippen molar-refractivity contribution in [2.24, 2.45) is 0 Å². The van der Waals surface area contributed by atoms with Crippen LogP contribution in [0.25, 0.3) is 10.3 Å². The molecule has 0 saturated carbocycles. The lowest BCUT2D eigenvalue weighted by molar-refractivity contribution is -0.384. The van der Waals surface area contributed by atoms with Gasteiger partial charge in [0.2, 0.25) is 0 Å². The predicted molar refractivity (Wildman–Crippen MR) is 143 cm³/mol. The molecular weight excluding hydrogens is 517 g/mol. The molecule has 11 heteroatoms. The molecule has 182 valence electrons. The van der Waals surface area contributed by atoms with Crippen LogP contribution in [0.2, 0.25) is 0 Å². The molecule has 3 aromatic heterocycles. The van der Waals surface area contributed by atoms with Gasteiger partial charge >= 0.3 is 0 Å². The van der Waals surface area contributed by atoms with Gasteiger partial charge in [-0.05, 0) is 41.9 Å². The monoisotopic (exact) mass is 536 g/mol. The summed E-state index contributed by atoms with van der Waals surface area (Å²) in [6.45, 7) is 0.827. The fourth-order valence-corrected chi connectivity index (χ4v) is 6.07. The molecule has 2 aromatic carbocycles. The maximum atomic E-state index is 13.6. The van der Waals surface area contributed by atoms with Crippen LogP contribution in [-0.4, -0.2) is 19.0 Å². The molecule has 8 nitrogen and oxygen atoms in total. The number of furan rings is 1. The highest BCUT2D eigenvalue weighted by Crippen LogP contribution is 2.27. The van der Waals surface area contributed by atoms with Crippen LogP contribution >= 0.6 is 35.3 Å². The third-order valence-electron chi connectivity index (χ3n) is 5.59. The zero-order valence-corrected chi connectivity index (χ0v) is 21.4. The molecule has 0 saturated heterocycles. The highest BCUT2D eigenvalue weighted by Gasteiger charge is 2.18. The van der Waals surface area contributed by atoms with Gasteiger partial charge in [-0.3, -0.25) is 19.5 Å². The normalized spacial score (nSPS) is 11.2. The molecule has 0 radical (unpaired) electrons. The Morgan fingerprint density at radius 3 is 2.61 bits per heavy atom. The minimum Gasteiger partial charge on any atom is -0.467 e. The number of thiazole rings is 1. The molecule has 0 N–H and O–H groups in total. The van der Waals surface area contributed by atoms with Crippen molar-refractivity contribution in [1.82, 2.24) is 14.1 Å². The maximum Gasteiger partial charge on any atom is 0.274 e. The Bertz CT molecular complexity index is 1640. The lowest BCUT2D eigenvalue weighted by Gasteiger charge is -2.12. The van der Waals surface area contributed by atoms with Gasteiger partial charge in [-0.2, -0.15) is 0 Å². The first-order chi connectivity index (χ1) is 17.5. The summed E-state index contributed by atoms with van der Waals surface area (Å²) in [5, 5.41) is 11.7. The van der Waals surface area contributed by atoms with Crippen molar-refractivity contribution < 1.29 is 9.34 Å². The molecule has 5 rings (SSSR count). The van der Waals surface area contributed by atoms with E-state index in [2.05, 4.69) is 12.1 Å². The number of hydrogen-bond donors (Lipinski definition) is 0. The summed E-state index contributed by atoms with van der Waals surface area (Å²) in [7, 11) is 0. The molecule has 0 spiro atoms. The molecule has 0 amide bonds. The van der Waals surface area contributed by atoms with Crippen LogP contribution < -0.4 is 5.56 Å². The summed E-state index contributed by atoms with van der Waals surface area (Å²) in [6.07, 6.45) is 2.32. The SMILES string of the molecule is O=c1c2sc(=S)n(CCc3ccccc3)c2nc(SCc2cccc([N+](=O)[O-])c2)n1Cc1ccco1. The molecule has 0 aliphatic carbocycles. The summed E-state index contributed by atoms with van der Waals surface area (Å²) in [6, 6.07) is 20.1. The average molecular weight is 537 g/mol. The van der Waals surface area contributed by atoms with Crippen molar-refractivity contribution in [3.63, 3.8) is 0 Å². The van der Waals surface area contributed by atoms with Gasteiger partial charge < -0.3 is 8.98 Å². The molecule has 0 atom stereocenters. The van der Waals surface area contributed by atoms with Crippen LogP contribution in [0.1, 0.15) is 16.9 Å². The van der Waals surface area contributed by atoms with Gasteiger partial charge in [0, 0.05) is 24.4 Å². The number of nitro groups is 1. The minimum atomic E-state index is -0.419. The molecule has 5 aromatic rings. The Morgan fingerprint density at radius 1 is 1.06 bits per heavy atom. The first-order valence-corrected chi connectivity index (χ1v) is 13.3. The number of aryl methyl sites for hydroxylation is 2. The standard InChI is InChI=1S/C25H20N4O4S3/c30-23-21-22(27(25(34)36-21)12-11-17-6-2-1-3-7-17)26-24(28(23)15-20-10-5-13-33-20)35-16-18-8-4-9-19(14-18)29(31)32/h1-10,13-14H,11-12,15-16H2. The molecule has 36 heavy (non-hydrogen) atoms. The topological polar surface area (TPSA) is 96.1 Å². The molecule has 0 bridgehead atoms. The number of rotatable bonds is 9. The summed E-state index contributed by atoms with van der Waals surface area (Å²) < 4.78 is 10.1. The fraction of sp³-hybridized carbons (Fsp3) is 0.160. The van der Waals surface area contributed by atoms with Crippen LogP contribution in [0, 0.1) is 14.1 Å². The van der Waals surface area contributed by atoms with E-state index >= 15 is 0 Å². The molecule has 0 fully saturated rings. The Kier molecular flexibility index (Phi) is 7.12. The smallest absolute Gasteiger partial charge is 0.274 e. The van der Waals surface area contributed by atoms with Crippen molar-refractivity contribution in [1.29, 1.82) is 0 Å². The maximum absolute atomic E-state index is 13.6.